The van der Waals surface area contributed by atoms with Crippen molar-refractivity contribution >= 4 is 17.5 Å². The summed E-state index contributed by atoms with van der Waals surface area (Å²) in [4.78, 5) is 15.6. The first-order valence-electron chi connectivity index (χ1n) is 9.01. The minimum atomic E-state index is -0.684. The Hall–Kier alpha value is -2.05. The van der Waals surface area contributed by atoms with Gasteiger partial charge in [0.15, 0.2) is 17.3 Å². The van der Waals surface area contributed by atoms with Crippen LogP contribution < -0.4 is 14.8 Å². The number of fused-ring (bicyclic) bond motifs is 3. The van der Waals surface area contributed by atoms with E-state index in [2.05, 4.69) is 5.32 Å². The number of hydrogen-bond donors (Lipinski definition) is 1. The maximum absolute atomic E-state index is 14.3. The summed E-state index contributed by atoms with van der Waals surface area (Å²) < 4.78 is 25.3. The number of benzene rings is 2. The number of Topliss-reactive ketones (excluding diaryl/α,β-unsaturated/α-hetero) is 1. The molecule has 0 bridgehead atoms. The molecule has 0 aromatic heterocycles. The van der Waals surface area contributed by atoms with E-state index in [9.17, 15) is 9.18 Å². The fraction of sp³-hybridized carbons (Fsp3) is 0.381. The fourth-order valence-corrected chi connectivity index (χ4v) is 5.43. The van der Waals surface area contributed by atoms with Crippen LogP contribution in [0.1, 0.15) is 34.3 Å². The molecular formula is C21H22FNO3S. The van der Waals surface area contributed by atoms with Crippen LogP contribution in [0.5, 0.6) is 11.5 Å². The SMILES string of the molecule is COc1cc2c(cc1OC)C1(CCNCC1)C(=O)c1c(ccc(F)c1C)S2. The Balaban J connectivity index is 2.03. The molecule has 4 rings (SSSR count). The maximum Gasteiger partial charge on any atom is 0.175 e. The number of piperidine rings is 1. The minimum Gasteiger partial charge on any atom is -0.493 e. The Bertz CT molecular complexity index is 922. The summed E-state index contributed by atoms with van der Waals surface area (Å²) >= 11 is 1.50. The molecule has 6 heteroatoms. The van der Waals surface area contributed by atoms with Crippen LogP contribution in [-0.4, -0.2) is 33.1 Å². The van der Waals surface area contributed by atoms with Gasteiger partial charge < -0.3 is 14.8 Å². The average Bonchev–Trinajstić information content (AvgIpc) is 2.78. The third kappa shape index (κ3) is 2.74. The Morgan fingerprint density at radius 2 is 1.74 bits per heavy atom. The van der Waals surface area contributed by atoms with E-state index < -0.39 is 5.41 Å². The van der Waals surface area contributed by atoms with Gasteiger partial charge in [-0.05, 0) is 68.2 Å². The molecule has 2 aromatic rings. The summed E-state index contributed by atoms with van der Waals surface area (Å²) in [7, 11) is 3.20. The lowest BCUT2D eigenvalue weighted by molar-refractivity contribution is 0.0841. The Morgan fingerprint density at radius 1 is 1.07 bits per heavy atom. The van der Waals surface area contributed by atoms with E-state index in [1.54, 1.807) is 27.2 Å². The Labute approximate surface area is 162 Å². The number of methoxy groups -OCH3 is 2. The van der Waals surface area contributed by atoms with E-state index in [0.29, 0.717) is 35.5 Å². The van der Waals surface area contributed by atoms with Gasteiger partial charge in [0.05, 0.1) is 19.6 Å². The fourth-order valence-electron chi connectivity index (χ4n) is 4.18. The second-order valence-electron chi connectivity index (χ2n) is 7.01. The number of rotatable bonds is 2. The van der Waals surface area contributed by atoms with E-state index in [-0.39, 0.29) is 11.6 Å². The number of carbonyl (C=O) groups is 1. The summed E-state index contributed by atoms with van der Waals surface area (Å²) in [6.07, 6.45) is 1.34. The summed E-state index contributed by atoms with van der Waals surface area (Å²) in [5.41, 5.74) is 1.20. The van der Waals surface area contributed by atoms with Crippen molar-refractivity contribution in [3.8, 4) is 11.5 Å². The van der Waals surface area contributed by atoms with E-state index in [1.807, 2.05) is 12.1 Å². The lowest BCUT2D eigenvalue weighted by atomic mass is 9.68. The monoisotopic (exact) mass is 387 g/mol. The van der Waals surface area contributed by atoms with E-state index >= 15 is 0 Å². The van der Waals surface area contributed by atoms with Crippen molar-refractivity contribution in [2.45, 2.75) is 35.0 Å². The molecule has 2 aliphatic rings. The molecule has 2 aliphatic heterocycles. The maximum atomic E-state index is 14.3. The van der Waals surface area contributed by atoms with Gasteiger partial charge in [0, 0.05) is 15.4 Å². The van der Waals surface area contributed by atoms with Crippen LogP contribution in [0.2, 0.25) is 0 Å². The summed E-state index contributed by atoms with van der Waals surface area (Å²) in [6.45, 7) is 3.18. The van der Waals surface area contributed by atoms with Gasteiger partial charge >= 0.3 is 0 Å². The van der Waals surface area contributed by atoms with Crippen LogP contribution in [-0.2, 0) is 5.41 Å². The molecule has 1 N–H and O–H groups in total. The molecule has 1 saturated heterocycles. The third-order valence-electron chi connectivity index (χ3n) is 5.70. The van der Waals surface area contributed by atoms with Crippen molar-refractivity contribution < 1.29 is 18.7 Å². The normalized spacial score (nSPS) is 17.9. The summed E-state index contributed by atoms with van der Waals surface area (Å²) in [6, 6.07) is 7.02. The number of halogens is 1. The second kappa shape index (κ2) is 6.84. The van der Waals surface area contributed by atoms with Gasteiger partial charge in [-0.1, -0.05) is 11.8 Å². The molecule has 142 valence electrons. The van der Waals surface area contributed by atoms with Crippen LogP contribution in [0.4, 0.5) is 4.39 Å². The number of nitrogens with one attached hydrogen (secondary N) is 1. The zero-order valence-corrected chi connectivity index (χ0v) is 16.5. The van der Waals surface area contributed by atoms with Crippen molar-refractivity contribution in [2.24, 2.45) is 0 Å². The molecule has 0 unspecified atom stereocenters. The molecule has 0 radical (unpaired) electrons. The van der Waals surface area contributed by atoms with Crippen LogP contribution in [0.3, 0.4) is 0 Å². The molecule has 27 heavy (non-hydrogen) atoms. The average molecular weight is 387 g/mol. The quantitative estimate of drug-likeness (QED) is 0.840. The largest absolute Gasteiger partial charge is 0.493 e. The smallest absolute Gasteiger partial charge is 0.175 e. The van der Waals surface area contributed by atoms with E-state index in [1.165, 1.54) is 17.8 Å². The molecule has 1 spiro atoms. The van der Waals surface area contributed by atoms with Gasteiger partial charge in [0.2, 0.25) is 0 Å². The van der Waals surface area contributed by atoms with Crippen LogP contribution in [0, 0.1) is 12.7 Å². The number of hydrogen-bond acceptors (Lipinski definition) is 5. The third-order valence-corrected chi connectivity index (χ3v) is 6.82. The van der Waals surface area contributed by atoms with E-state index in [0.717, 1.165) is 28.4 Å². The lowest BCUT2D eigenvalue weighted by Gasteiger charge is -2.37. The standard InChI is InChI=1S/C21H22FNO3S/c1-12-14(22)4-5-17-19(12)20(24)21(6-8-23-9-7-21)13-10-15(25-2)16(26-3)11-18(13)27-17/h4-5,10-11,23H,6-9H2,1-3H3. The molecule has 0 atom stereocenters. The van der Waals surface area contributed by atoms with Crippen molar-refractivity contribution in [1.29, 1.82) is 0 Å². The van der Waals surface area contributed by atoms with Gasteiger partial charge in [0.1, 0.15) is 5.82 Å². The predicted molar refractivity (Wildman–Crippen MR) is 103 cm³/mol. The van der Waals surface area contributed by atoms with Crippen molar-refractivity contribution in [2.75, 3.05) is 27.3 Å². The molecular weight excluding hydrogens is 365 g/mol. The second-order valence-corrected chi connectivity index (χ2v) is 8.10. The molecule has 0 amide bonds. The zero-order valence-electron chi connectivity index (χ0n) is 15.6. The molecule has 0 aliphatic carbocycles. The van der Waals surface area contributed by atoms with Gasteiger partial charge in [-0.2, -0.15) is 0 Å². The highest BCUT2D eigenvalue weighted by molar-refractivity contribution is 7.99. The molecule has 2 aromatic carbocycles. The van der Waals surface area contributed by atoms with Crippen LogP contribution in [0.15, 0.2) is 34.1 Å². The lowest BCUT2D eigenvalue weighted by Crippen LogP contribution is -2.45. The van der Waals surface area contributed by atoms with Crippen molar-refractivity contribution in [3.05, 3.63) is 46.8 Å². The van der Waals surface area contributed by atoms with E-state index in [4.69, 9.17) is 9.47 Å². The van der Waals surface area contributed by atoms with Gasteiger partial charge in [-0.3, -0.25) is 4.79 Å². The van der Waals surface area contributed by atoms with Crippen molar-refractivity contribution in [1.82, 2.24) is 5.32 Å². The predicted octanol–water partition coefficient (Wildman–Crippen LogP) is 4.12. The van der Waals surface area contributed by atoms with Gasteiger partial charge in [0.25, 0.3) is 0 Å². The highest BCUT2D eigenvalue weighted by Gasteiger charge is 2.46. The van der Waals surface area contributed by atoms with Crippen LogP contribution >= 0.6 is 11.8 Å². The highest BCUT2D eigenvalue weighted by atomic mass is 32.2. The zero-order chi connectivity index (χ0) is 19.2. The molecule has 1 fully saturated rings. The topological polar surface area (TPSA) is 47.6 Å². The first kappa shape index (κ1) is 18.3. The molecule has 2 heterocycles. The first-order valence-corrected chi connectivity index (χ1v) is 9.82. The van der Waals surface area contributed by atoms with Gasteiger partial charge in [-0.15, -0.1) is 0 Å². The number of ketones is 1. The van der Waals surface area contributed by atoms with Gasteiger partial charge in [-0.25, -0.2) is 4.39 Å². The minimum absolute atomic E-state index is 0.00877. The van der Waals surface area contributed by atoms with Crippen molar-refractivity contribution in [3.63, 3.8) is 0 Å². The number of carbonyl (C=O) groups excluding carboxylic acids is 1. The molecule has 0 saturated carbocycles. The Kier molecular flexibility index (Phi) is 4.64. The summed E-state index contributed by atoms with van der Waals surface area (Å²) in [5.74, 6) is 0.904. The van der Waals surface area contributed by atoms with Crippen LogP contribution in [0.25, 0.3) is 0 Å². The summed E-state index contributed by atoms with van der Waals surface area (Å²) in [5, 5.41) is 3.34. The molecule has 4 nitrogen and oxygen atoms in total. The Morgan fingerprint density at radius 3 is 2.41 bits per heavy atom. The number of ether oxygens (including phenoxy) is 2. The highest BCUT2D eigenvalue weighted by Crippen LogP contribution is 2.51. The first-order chi connectivity index (χ1) is 13.0.